The van der Waals surface area contributed by atoms with E-state index in [1.807, 2.05) is 13.0 Å². The lowest BCUT2D eigenvalue weighted by Crippen LogP contribution is -2.34. The van der Waals surface area contributed by atoms with Gasteiger partial charge in [0.2, 0.25) is 0 Å². The number of nitrogens with zero attached hydrogens (tertiary/aromatic N) is 4. The van der Waals surface area contributed by atoms with Crippen molar-refractivity contribution in [2.75, 3.05) is 13.1 Å². The number of imidazole rings is 1. The first kappa shape index (κ1) is 14.5. The Morgan fingerprint density at radius 2 is 2.17 bits per heavy atom. The van der Waals surface area contributed by atoms with Crippen molar-refractivity contribution in [1.82, 2.24) is 19.6 Å². The van der Waals surface area contributed by atoms with Gasteiger partial charge in [0.1, 0.15) is 5.82 Å². The molecule has 4 rings (SSSR count). The largest absolute Gasteiger partial charge is 0.360 e. The molecule has 3 heterocycles. The summed E-state index contributed by atoms with van der Waals surface area (Å²) in [6.45, 7) is 4.93. The van der Waals surface area contributed by atoms with Gasteiger partial charge in [-0.05, 0) is 38.4 Å². The molecule has 1 aliphatic heterocycles. The highest BCUT2D eigenvalue weighted by Crippen LogP contribution is 2.29. The van der Waals surface area contributed by atoms with Crippen LogP contribution in [0.2, 0.25) is 0 Å². The van der Waals surface area contributed by atoms with Crippen molar-refractivity contribution < 1.29 is 4.52 Å². The van der Waals surface area contributed by atoms with E-state index in [0.717, 1.165) is 36.6 Å². The highest BCUT2D eigenvalue weighted by Gasteiger charge is 2.26. The Bertz CT molecular complexity index is 819. The third-order valence-electron chi connectivity index (χ3n) is 4.75. The van der Waals surface area contributed by atoms with Crippen LogP contribution in [-0.2, 0) is 13.6 Å². The highest BCUT2D eigenvalue weighted by atomic mass is 16.5. The molecule has 0 bridgehead atoms. The first-order valence-electron chi connectivity index (χ1n) is 8.26. The monoisotopic (exact) mass is 310 g/mol. The molecule has 1 aromatic carbocycles. The fourth-order valence-corrected chi connectivity index (χ4v) is 3.65. The second-order valence-corrected chi connectivity index (χ2v) is 6.53. The molecule has 3 aromatic rings. The fraction of sp³-hybridized carbons (Fsp3) is 0.444. The van der Waals surface area contributed by atoms with E-state index in [-0.39, 0.29) is 0 Å². The number of fused-ring (bicyclic) bond motifs is 1. The van der Waals surface area contributed by atoms with Gasteiger partial charge in [-0.2, -0.15) is 0 Å². The van der Waals surface area contributed by atoms with Crippen LogP contribution in [-0.4, -0.2) is 32.7 Å². The van der Waals surface area contributed by atoms with Crippen LogP contribution in [0.5, 0.6) is 0 Å². The molecule has 5 nitrogen and oxygen atoms in total. The van der Waals surface area contributed by atoms with E-state index >= 15 is 0 Å². The number of para-hydroxylation sites is 2. The summed E-state index contributed by atoms with van der Waals surface area (Å²) in [7, 11) is 2.13. The van der Waals surface area contributed by atoms with Gasteiger partial charge in [0, 0.05) is 25.6 Å². The Balaban J connectivity index is 1.55. The molecule has 1 fully saturated rings. The minimum absolute atomic E-state index is 0.477. The lowest BCUT2D eigenvalue weighted by atomic mass is 9.97. The van der Waals surface area contributed by atoms with Gasteiger partial charge >= 0.3 is 0 Å². The van der Waals surface area contributed by atoms with E-state index in [1.54, 1.807) is 0 Å². The van der Waals surface area contributed by atoms with E-state index in [2.05, 4.69) is 45.9 Å². The SMILES string of the molecule is Cc1cc(CN2CCC[C@@H](c3nc4ccccc4n3C)C2)on1. The molecule has 23 heavy (non-hydrogen) atoms. The standard InChI is InChI=1S/C18H22N4O/c1-13-10-15(23-20-13)12-22-9-5-6-14(11-22)18-19-16-7-3-4-8-17(16)21(18)2/h3-4,7-8,10,14H,5-6,9,11-12H2,1-2H3/t14-/m1/s1. The lowest BCUT2D eigenvalue weighted by molar-refractivity contribution is 0.176. The average Bonchev–Trinajstić information content (AvgIpc) is 3.12. The molecule has 0 unspecified atom stereocenters. The number of hydrogen-bond donors (Lipinski definition) is 0. The minimum Gasteiger partial charge on any atom is -0.360 e. The summed E-state index contributed by atoms with van der Waals surface area (Å²) in [4.78, 5) is 7.33. The predicted octanol–water partition coefficient (Wildman–Crippen LogP) is 3.25. The van der Waals surface area contributed by atoms with Crippen molar-refractivity contribution in [2.24, 2.45) is 7.05 Å². The Kier molecular flexibility index (Phi) is 3.65. The first-order valence-corrected chi connectivity index (χ1v) is 8.26. The van der Waals surface area contributed by atoms with Crippen LogP contribution in [0.4, 0.5) is 0 Å². The molecule has 120 valence electrons. The predicted molar refractivity (Wildman–Crippen MR) is 89.2 cm³/mol. The molecule has 0 spiro atoms. The summed E-state index contributed by atoms with van der Waals surface area (Å²) in [6, 6.07) is 10.4. The molecule has 2 aromatic heterocycles. The molecule has 0 aliphatic carbocycles. The third kappa shape index (κ3) is 2.77. The van der Waals surface area contributed by atoms with Gasteiger partial charge in [-0.15, -0.1) is 0 Å². The number of likely N-dealkylation sites (tertiary alicyclic amines) is 1. The summed E-state index contributed by atoms with van der Waals surface area (Å²) in [6.07, 6.45) is 2.39. The molecular formula is C18H22N4O. The van der Waals surface area contributed by atoms with Crippen LogP contribution >= 0.6 is 0 Å². The van der Waals surface area contributed by atoms with Gasteiger partial charge in [-0.1, -0.05) is 17.3 Å². The van der Waals surface area contributed by atoms with Gasteiger partial charge in [0.25, 0.3) is 0 Å². The molecule has 1 saturated heterocycles. The lowest BCUT2D eigenvalue weighted by Gasteiger charge is -2.31. The second kappa shape index (κ2) is 5.81. The fourth-order valence-electron chi connectivity index (χ4n) is 3.65. The van der Waals surface area contributed by atoms with Crippen molar-refractivity contribution in [3.05, 3.63) is 47.6 Å². The third-order valence-corrected chi connectivity index (χ3v) is 4.75. The maximum absolute atomic E-state index is 5.37. The summed E-state index contributed by atoms with van der Waals surface area (Å²) < 4.78 is 7.62. The van der Waals surface area contributed by atoms with Crippen molar-refractivity contribution in [1.29, 1.82) is 0 Å². The van der Waals surface area contributed by atoms with Gasteiger partial charge in [0.05, 0.1) is 23.3 Å². The number of aromatic nitrogens is 3. The molecule has 0 saturated carbocycles. The zero-order valence-electron chi connectivity index (χ0n) is 13.7. The van der Waals surface area contributed by atoms with E-state index in [1.165, 1.54) is 24.2 Å². The van der Waals surface area contributed by atoms with E-state index in [4.69, 9.17) is 9.51 Å². The Morgan fingerprint density at radius 1 is 1.30 bits per heavy atom. The minimum atomic E-state index is 0.477. The first-order chi connectivity index (χ1) is 11.2. The number of piperidine rings is 1. The second-order valence-electron chi connectivity index (χ2n) is 6.53. The summed E-state index contributed by atoms with van der Waals surface area (Å²) in [5.41, 5.74) is 3.25. The maximum atomic E-state index is 5.37. The van der Waals surface area contributed by atoms with Crippen LogP contribution in [0.25, 0.3) is 11.0 Å². The molecule has 1 aliphatic rings. The van der Waals surface area contributed by atoms with E-state index < -0.39 is 0 Å². The van der Waals surface area contributed by atoms with Crippen LogP contribution in [0.1, 0.15) is 36.0 Å². The van der Waals surface area contributed by atoms with Crippen molar-refractivity contribution in [2.45, 2.75) is 32.2 Å². The van der Waals surface area contributed by atoms with Gasteiger partial charge in [0.15, 0.2) is 5.76 Å². The van der Waals surface area contributed by atoms with Crippen molar-refractivity contribution in [3.63, 3.8) is 0 Å². The normalized spacial score (nSPS) is 19.5. The highest BCUT2D eigenvalue weighted by molar-refractivity contribution is 5.75. The van der Waals surface area contributed by atoms with Gasteiger partial charge in [-0.25, -0.2) is 4.98 Å². The Morgan fingerprint density at radius 3 is 2.96 bits per heavy atom. The summed E-state index contributed by atoms with van der Waals surface area (Å²) >= 11 is 0. The van der Waals surface area contributed by atoms with Crippen LogP contribution in [0, 0.1) is 6.92 Å². The molecular weight excluding hydrogens is 288 g/mol. The number of benzene rings is 1. The van der Waals surface area contributed by atoms with Crippen LogP contribution < -0.4 is 0 Å². The quantitative estimate of drug-likeness (QED) is 0.745. The molecule has 1 atom stereocenters. The maximum Gasteiger partial charge on any atom is 0.150 e. The van der Waals surface area contributed by atoms with Crippen LogP contribution in [0.3, 0.4) is 0 Å². The Labute approximate surface area is 135 Å². The number of hydrogen-bond acceptors (Lipinski definition) is 4. The summed E-state index contributed by atoms with van der Waals surface area (Å²) in [5, 5.41) is 3.98. The molecule has 5 heteroatoms. The van der Waals surface area contributed by atoms with Crippen molar-refractivity contribution >= 4 is 11.0 Å². The molecule has 0 amide bonds. The average molecular weight is 310 g/mol. The van der Waals surface area contributed by atoms with Gasteiger partial charge in [-0.3, -0.25) is 4.90 Å². The zero-order chi connectivity index (χ0) is 15.8. The van der Waals surface area contributed by atoms with Crippen LogP contribution in [0.15, 0.2) is 34.9 Å². The van der Waals surface area contributed by atoms with E-state index in [9.17, 15) is 0 Å². The van der Waals surface area contributed by atoms with Gasteiger partial charge < -0.3 is 9.09 Å². The smallest absolute Gasteiger partial charge is 0.150 e. The van der Waals surface area contributed by atoms with E-state index in [0.29, 0.717) is 5.92 Å². The Hall–Kier alpha value is -2.14. The van der Waals surface area contributed by atoms with Crippen molar-refractivity contribution in [3.8, 4) is 0 Å². The molecule has 0 N–H and O–H groups in total. The zero-order valence-corrected chi connectivity index (χ0v) is 13.7. The number of rotatable bonds is 3. The number of aryl methyl sites for hydroxylation is 2. The molecule has 0 radical (unpaired) electrons. The summed E-state index contributed by atoms with van der Waals surface area (Å²) in [5.74, 6) is 2.63. The topological polar surface area (TPSA) is 47.1 Å².